The maximum atomic E-state index is 12.5. The number of benzene rings is 1. The Morgan fingerprint density at radius 3 is 2.44 bits per heavy atom. The lowest BCUT2D eigenvalue weighted by Crippen LogP contribution is -2.41. The number of para-hydroxylation sites is 1. The van der Waals surface area contributed by atoms with Gasteiger partial charge in [-0.2, -0.15) is 5.10 Å². The van der Waals surface area contributed by atoms with Gasteiger partial charge in [0.25, 0.3) is 11.8 Å². The number of nitrogens with one attached hydrogen (secondary N) is 2. The fourth-order valence-electron chi connectivity index (χ4n) is 2.72. The highest BCUT2D eigenvalue weighted by molar-refractivity contribution is 7.14. The van der Waals surface area contributed by atoms with Crippen molar-refractivity contribution < 1.29 is 9.59 Å². The molecule has 0 aliphatic rings. The van der Waals surface area contributed by atoms with Crippen molar-refractivity contribution in [2.75, 3.05) is 0 Å². The molecule has 6 nitrogen and oxygen atoms in total. The van der Waals surface area contributed by atoms with E-state index in [1.165, 1.54) is 16.0 Å². The molecular formula is C19H19ClN4O2S. The van der Waals surface area contributed by atoms with Crippen LogP contribution in [0.2, 0.25) is 5.15 Å². The molecule has 2 aromatic heterocycles. The molecule has 8 heteroatoms. The standard InChI is InChI=1S/C19H19ClN4O2S/c1-4-14-11(2)10-15(27-14)18(25)21-22-19(26)16-12(3)23-24(17(16)20)13-8-6-5-7-9-13/h5-10H,4H2,1-3H3,(H,21,25)(H,22,26). The molecule has 0 bridgehead atoms. The van der Waals surface area contributed by atoms with Crippen molar-refractivity contribution in [1.29, 1.82) is 0 Å². The largest absolute Gasteiger partial charge is 0.279 e. The van der Waals surface area contributed by atoms with Crippen molar-refractivity contribution in [1.82, 2.24) is 20.6 Å². The summed E-state index contributed by atoms with van der Waals surface area (Å²) in [5, 5.41) is 4.51. The first kappa shape index (κ1) is 19.1. The summed E-state index contributed by atoms with van der Waals surface area (Å²) in [4.78, 5) is 26.5. The summed E-state index contributed by atoms with van der Waals surface area (Å²) in [6.07, 6.45) is 0.865. The summed E-state index contributed by atoms with van der Waals surface area (Å²) < 4.78 is 1.49. The van der Waals surface area contributed by atoms with Gasteiger partial charge in [-0.3, -0.25) is 20.4 Å². The third-order valence-electron chi connectivity index (χ3n) is 4.09. The number of aromatic nitrogens is 2. The quantitative estimate of drug-likeness (QED) is 0.651. The van der Waals surface area contributed by atoms with Gasteiger partial charge in [-0.25, -0.2) is 4.68 Å². The van der Waals surface area contributed by atoms with Gasteiger partial charge < -0.3 is 0 Å². The molecule has 1 aromatic carbocycles. The number of halogens is 1. The Morgan fingerprint density at radius 2 is 1.81 bits per heavy atom. The van der Waals surface area contributed by atoms with E-state index in [0.717, 1.165) is 22.5 Å². The number of carbonyl (C=O) groups is 2. The highest BCUT2D eigenvalue weighted by atomic mass is 35.5. The van der Waals surface area contributed by atoms with Gasteiger partial charge in [0.05, 0.1) is 16.3 Å². The minimum absolute atomic E-state index is 0.186. The fourth-order valence-corrected chi connectivity index (χ4v) is 4.08. The number of thiophene rings is 1. The molecule has 2 heterocycles. The van der Waals surface area contributed by atoms with Crippen LogP contribution in [0.15, 0.2) is 36.4 Å². The lowest BCUT2D eigenvalue weighted by Gasteiger charge is -2.06. The van der Waals surface area contributed by atoms with Crippen molar-refractivity contribution in [2.24, 2.45) is 0 Å². The average molecular weight is 403 g/mol. The first-order valence-electron chi connectivity index (χ1n) is 8.42. The second kappa shape index (κ2) is 7.94. The molecule has 0 fully saturated rings. The van der Waals surface area contributed by atoms with Gasteiger partial charge in [-0.15, -0.1) is 11.3 Å². The number of hydrogen-bond donors (Lipinski definition) is 2. The zero-order chi connectivity index (χ0) is 19.6. The lowest BCUT2D eigenvalue weighted by atomic mass is 10.2. The molecule has 0 radical (unpaired) electrons. The van der Waals surface area contributed by atoms with Crippen LogP contribution in [0.25, 0.3) is 5.69 Å². The molecule has 3 rings (SSSR count). The summed E-state index contributed by atoms with van der Waals surface area (Å²) in [5.41, 5.74) is 7.37. The normalized spacial score (nSPS) is 10.7. The molecule has 2 N–H and O–H groups in total. The summed E-state index contributed by atoms with van der Waals surface area (Å²) in [5.74, 6) is -0.877. The van der Waals surface area contributed by atoms with E-state index in [-0.39, 0.29) is 16.6 Å². The average Bonchev–Trinajstić information content (AvgIpc) is 3.19. The van der Waals surface area contributed by atoms with Crippen molar-refractivity contribution in [3.05, 3.63) is 68.1 Å². The van der Waals surface area contributed by atoms with E-state index in [1.54, 1.807) is 6.92 Å². The number of carbonyl (C=O) groups excluding carboxylic acids is 2. The van der Waals surface area contributed by atoms with Crippen LogP contribution in [-0.2, 0) is 6.42 Å². The predicted molar refractivity (Wildman–Crippen MR) is 107 cm³/mol. The molecule has 140 valence electrons. The molecule has 0 saturated carbocycles. The van der Waals surface area contributed by atoms with Gasteiger partial charge in [0.15, 0.2) is 0 Å². The van der Waals surface area contributed by atoms with E-state index < -0.39 is 5.91 Å². The third-order valence-corrected chi connectivity index (χ3v) is 5.82. The van der Waals surface area contributed by atoms with Crippen LogP contribution in [0.3, 0.4) is 0 Å². The maximum absolute atomic E-state index is 12.5. The molecule has 0 unspecified atom stereocenters. The SMILES string of the molecule is CCc1sc(C(=O)NNC(=O)c2c(C)nn(-c3ccccc3)c2Cl)cc1C. The molecule has 3 aromatic rings. The summed E-state index contributed by atoms with van der Waals surface area (Å²) in [6.45, 7) is 5.70. The van der Waals surface area contributed by atoms with Crippen molar-refractivity contribution >= 4 is 34.8 Å². The van der Waals surface area contributed by atoms with Crippen molar-refractivity contribution in [2.45, 2.75) is 27.2 Å². The van der Waals surface area contributed by atoms with Crippen LogP contribution < -0.4 is 10.9 Å². The maximum Gasteiger partial charge on any atom is 0.279 e. The molecule has 27 heavy (non-hydrogen) atoms. The Labute approximate surface area is 166 Å². The highest BCUT2D eigenvalue weighted by Crippen LogP contribution is 2.24. The molecule has 0 aliphatic carbocycles. The number of hydrogen-bond acceptors (Lipinski definition) is 4. The fraction of sp³-hybridized carbons (Fsp3) is 0.211. The van der Waals surface area contributed by atoms with Gasteiger partial charge in [-0.05, 0) is 44.0 Å². The zero-order valence-corrected chi connectivity index (χ0v) is 16.7. The summed E-state index contributed by atoms with van der Waals surface area (Å²) in [7, 11) is 0. The van der Waals surface area contributed by atoms with Gasteiger partial charge in [0.2, 0.25) is 0 Å². The van der Waals surface area contributed by atoms with E-state index in [1.807, 2.05) is 50.2 Å². The topological polar surface area (TPSA) is 76.0 Å². The Balaban J connectivity index is 1.75. The first-order valence-corrected chi connectivity index (χ1v) is 9.62. The number of hydrazine groups is 1. The number of aryl methyl sites for hydroxylation is 3. The molecule has 2 amide bonds. The number of nitrogens with zero attached hydrogens (tertiary/aromatic N) is 2. The Kier molecular flexibility index (Phi) is 5.62. The number of rotatable bonds is 4. The van der Waals surface area contributed by atoms with Gasteiger partial charge in [0.1, 0.15) is 10.7 Å². The number of amides is 2. The highest BCUT2D eigenvalue weighted by Gasteiger charge is 2.22. The molecular weight excluding hydrogens is 384 g/mol. The van der Waals surface area contributed by atoms with Crippen LogP contribution in [-0.4, -0.2) is 21.6 Å². The smallest absolute Gasteiger partial charge is 0.267 e. The Morgan fingerprint density at radius 1 is 1.15 bits per heavy atom. The lowest BCUT2D eigenvalue weighted by molar-refractivity contribution is 0.0848. The minimum atomic E-state index is -0.517. The van der Waals surface area contributed by atoms with Crippen molar-refractivity contribution in [3.8, 4) is 5.69 Å². The van der Waals surface area contributed by atoms with Crippen LogP contribution >= 0.6 is 22.9 Å². The predicted octanol–water partition coefficient (Wildman–Crippen LogP) is 3.84. The van der Waals surface area contributed by atoms with Crippen molar-refractivity contribution in [3.63, 3.8) is 0 Å². The summed E-state index contributed by atoms with van der Waals surface area (Å²) in [6, 6.07) is 11.1. The summed E-state index contributed by atoms with van der Waals surface area (Å²) >= 11 is 7.78. The van der Waals surface area contributed by atoms with E-state index in [4.69, 9.17) is 11.6 Å². The van der Waals surface area contributed by atoms with Gasteiger partial charge in [0, 0.05) is 4.88 Å². The molecule has 0 atom stereocenters. The van der Waals surface area contributed by atoms with E-state index >= 15 is 0 Å². The minimum Gasteiger partial charge on any atom is -0.267 e. The Hall–Kier alpha value is -2.64. The molecule has 0 spiro atoms. The molecule has 0 saturated heterocycles. The molecule has 0 aliphatic heterocycles. The van der Waals surface area contributed by atoms with Crippen LogP contribution in [0.5, 0.6) is 0 Å². The zero-order valence-electron chi connectivity index (χ0n) is 15.2. The Bertz CT molecular complexity index is 995. The van der Waals surface area contributed by atoms with Gasteiger partial charge >= 0.3 is 0 Å². The second-order valence-electron chi connectivity index (χ2n) is 5.98. The third kappa shape index (κ3) is 3.89. The van der Waals surface area contributed by atoms with Gasteiger partial charge in [-0.1, -0.05) is 36.7 Å². The van der Waals surface area contributed by atoms with Crippen LogP contribution in [0, 0.1) is 13.8 Å². The second-order valence-corrected chi connectivity index (χ2v) is 7.47. The monoisotopic (exact) mass is 402 g/mol. The van der Waals surface area contributed by atoms with Crippen LogP contribution in [0.4, 0.5) is 0 Å². The van der Waals surface area contributed by atoms with E-state index in [0.29, 0.717) is 10.6 Å². The van der Waals surface area contributed by atoms with E-state index in [2.05, 4.69) is 16.0 Å². The first-order chi connectivity index (χ1) is 12.9. The van der Waals surface area contributed by atoms with E-state index in [9.17, 15) is 9.59 Å². The van der Waals surface area contributed by atoms with Crippen LogP contribution in [0.1, 0.15) is 43.1 Å².